The summed E-state index contributed by atoms with van der Waals surface area (Å²) in [5, 5.41) is 0. The van der Waals surface area contributed by atoms with Gasteiger partial charge in [-0.2, -0.15) is 0 Å². The lowest BCUT2D eigenvalue weighted by Gasteiger charge is -2.27. The molecule has 0 saturated heterocycles. The second-order valence-electron chi connectivity index (χ2n) is 5.01. The molecule has 1 aromatic heterocycles. The summed E-state index contributed by atoms with van der Waals surface area (Å²) < 4.78 is 7.03. The maximum absolute atomic E-state index is 11.7. The van der Waals surface area contributed by atoms with Crippen molar-refractivity contribution in [2.75, 3.05) is 6.61 Å². The number of imidazole rings is 1. The summed E-state index contributed by atoms with van der Waals surface area (Å²) in [5.41, 5.74) is 7.16. The first-order chi connectivity index (χ1) is 8.29. The molecule has 0 fully saturated rings. The predicted octanol–water partition coefficient (Wildman–Crippen LogP) is 1.73. The summed E-state index contributed by atoms with van der Waals surface area (Å²) in [6.45, 7) is 9.84. The number of nitrogens with zero attached hydrogens (tertiary/aromatic N) is 2. The summed E-state index contributed by atoms with van der Waals surface area (Å²) in [6, 6.07) is 0.102. The standard InChI is InChI=1S/C13H23N3O2/c1-6-18-12(17)13(5,14)7-9(2)16-8-15-10(3)11(16)4/h8-9H,6-7,14H2,1-5H3. The molecule has 5 nitrogen and oxygen atoms in total. The van der Waals surface area contributed by atoms with Crippen LogP contribution in [0.3, 0.4) is 0 Å². The monoisotopic (exact) mass is 253 g/mol. The van der Waals surface area contributed by atoms with Crippen LogP contribution in [0.25, 0.3) is 0 Å². The van der Waals surface area contributed by atoms with E-state index in [4.69, 9.17) is 10.5 Å². The lowest BCUT2D eigenvalue weighted by molar-refractivity contribution is -0.149. The van der Waals surface area contributed by atoms with E-state index in [1.807, 2.05) is 25.3 Å². The Labute approximate surface area is 108 Å². The highest BCUT2D eigenvalue weighted by atomic mass is 16.5. The van der Waals surface area contributed by atoms with E-state index >= 15 is 0 Å². The van der Waals surface area contributed by atoms with Crippen LogP contribution in [0, 0.1) is 13.8 Å². The van der Waals surface area contributed by atoms with Crippen LogP contribution in [-0.2, 0) is 9.53 Å². The molecule has 0 radical (unpaired) electrons. The summed E-state index contributed by atoms with van der Waals surface area (Å²) >= 11 is 0. The number of hydrogen-bond acceptors (Lipinski definition) is 4. The van der Waals surface area contributed by atoms with Gasteiger partial charge in [0.15, 0.2) is 0 Å². The van der Waals surface area contributed by atoms with Crippen molar-refractivity contribution in [1.82, 2.24) is 9.55 Å². The van der Waals surface area contributed by atoms with Gasteiger partial charge in [-0.1, -0.05) is 0 Å². The molecular weight excluding hydrogens is 230 g/mol. The molecule has 1 heterocycles. The summed E-state index contributed by atoms with van der Waals surface area (Å²) in [7, 11) is 0. The number of carbonyl (C=O) groups is 1. The Hall–Kier alpha value is -1.36. The molecule has 2 atom stereocenters. The number of nitrogens with two attached hydrogens (primary N) is 1. The Balaban J connectivity index is 2.78. The van der Waals surface area contributed by atoms with Crippen molar-refractivity contribution >= 4 is 5.97 Å². The molecule has 0 aliphatic carbocycles. The molecule has 102 valence electrons. The number of aromatic nitrogens is 2. The Kier molecular flexibility index (Phi) is 4.51. The minimum atomic E-state index is -0.972. The van der Waals surface area contributed by atoms with E-state index in [0.29, 0.717) is 13.0 Å². The molecule has 0 aromatic carbocycles. The topological polar surface area (TPSA) is 70.1 Å². The minimum absolute atomic E-state index is 0.102. The van der Waals surface area contributed by atoms with E-state index in [2.05, 4.69) is 4.98 Å². The van der Waals surface area contributed by atoms with Gasteiger partial charge in [-0.3, -0.25) is 4.79 Å². The predicted molar refractivity (Wildman–Crippen MR) is 70.3 cm³/mol. The van der Waals surface area contributed by atoms with Crippen molar-refractivity contribution in [1.29, 1.82) is 0 Å². The first-order valence-corrected chi connectivity index (χ1v) is 6.25. The zero-order valence-corrected chi connectivity index (χ0v) is 11.9. The average molecular weight is 253 g/mol. The fraction of sp³-hybridized carbons (Fsp3) is 0.692. The van der Waals surface area contributed by atoms with Gasteiger partial charge in [-0.15, -0.1) is 0 Å². The van der Waals surface area contributed by atoms with Crippen LogP contribution >= 0.6 is 0 Å². The van der Waals surface area contributed by atoms with Crippen LogP contribution in [-0.4, -0.2) is 27.7 Å². The average Bonchev–Trinajstić information content (AvgIpc) is 2.59. The van der Waals surface area contributed by atoms with E-state index in [-0.39, 0.29) is 12.0 Å². The maximum atomic E-state index is 11.7. The zero-order chi connectivity index (χ0) is 13.9. The number of rotatable bonds is 5. The lowest BCUT2D eigenvalue weighted by Crippen LogP contribution is -2.47. The van der Waals surface area contributed by atoms with Crippen molar-refractivity contribution in [3.05, 3.63) is 17.7 Å². The normalized spacial score (nSPS) is 16.1. The second kappa shape index (κ2) is 5.52. The Bertz CT molecular complexity index is 424. The molecule has 0 spiro atoms. The third-order valence-corrected chi connectivity index (χ3v) is 3.22. The Morgan fingerprint density at radius 1 is 1.61 bits per heavy atom. The van der Waals surface area contributed by atoms with Gasteiger partial charge in [-0.25, -0.2) is 4.98 Å². The minimum Gasteiger partial charge on any atom is -0.465 e. The fourth-order valence-corrected chi connectivity index (χ4v) is 2.05. The largest absolute Gasteiger partial charge is 0.465 e. The third-order valence-electron chi connectivity index (χ3n) is 3.22. The first kappa shape index (κ1) is 14.7. The van der Waals surface area contributed by atoms with Gasteiger partial charge in [0.05, 0.1) is 18.6 Å². The summed E-state index contributed by atoms with van der Waals surface area (Å²) in [6.07, 6.45) is 2.30. The zero-order valence-electron chi connectivity index (χ0n) is 11.9. The Morgan fingerprint density at radius 2 is 2.22 bits per heavy atom. The van der Waals surface area contributed by atoms with E-state index in [1.165, 1.54) is 0 Å². The van der Waals surface area contributed by atoms with Gasteiger partial charge >= 0.3 is 5.97 Å². The molecule has 0 aliphatic rings. The van der Waals surface area contributed by atoms with E-state index in [1.54, 1.807) is 20.2 Å². The van der Waals surface area contributed by atoms with Crippen molar-refractivity contribution in [2.24, 2.45) is 5.73 Å². The van der Waals surface area contributed by atoms with Gasteiger partial charge in [0.2, 0.25) is 0 Å². The number of carbonyl (C=O) groups excluding carboxylic acids is 1. The van der Waals surface area contributed by atoms with Crippen molar-refractivity contribution in [2.45, 2.75) is 52.6 Å². The van der Waals surface area contributed by atoms with Crippen LogP contribution in [0.2, 0.25) is 0 Å². The molecule has 0 amide bonds. The molecule has 1 aromatic rings. The molecule has 0 bridgehead atoms. The van der Waals surface area contributed by atoms with Gasteiger partial charge in [0.25, 0.3) is 0 Å². The quantitative estimate of drug-likeness (QED) is 0.811. The SMILES string of the molecule is CCOC(=O)C(C)(N)CC(C)n1cnc(C)c1C. The van der Waals surface area contributed by atoms with E-state index in [0.717, 1.165) is 11.4 Å². The van der Waals surface area contributed by atoms with Crippen LogP contribution in [0.4, 0.5) is 0 Å². The smallest absolute Gasteiger partial charge is 0.325 e. The molecule has 0 saturated carbocycles. The number of aryl methyl sites for hydroxylation is 1. The van der Waals surface area contributed by atoms with Gasteiger partial charge in [-0.05, 0) is 41.0 Å². The Morgan fingerprint density at radius 3 is 2.67 bits per heavy atom. The highest BCUT2D eigenvalue weighted by Crippen LogP contribution is 2.22. The highest BCUT2D eigenvalue weighted by Gasteiger charge is 2.32. The van der Waals surface area contributed by atoms with Crippen molar-refractivity contribution in [3.8, 4) is 0 Å². The maximum Gasteiger partial charge on any atom is 0.325 e. The molecular formula is C13H23N3O2. The number of esters is 1. The van der Waals surface area contributed by atoms with Crippen LogP contribution in [0.1, 0.15) is 44.6 Å². The fourth-order valence-electron chi connectivity index (χ4n) is 2.05. The number of hydrogen-bond donors (Lipinski definition) is 1. The lowest BCUT2D eigenvalue weighted by atomic mass is 9.95. The van der Waals surface area contributed by atoms with Crippen LogP contribution in [0.5, 0.6) is 0 Å². The molecule has 18 heavy (non-hydrogen) atoms. The summed E-state index contributed by atoms with van der Waals surface area (Å²) in [5.74, 6) is -0.355. The highest BCUT2D eigenvalue weighted by molar-refractivity contribution is 5.80. The van der Waals surface area contributed by atoms with Crippen molar-refractivity contribution < 1.29 is 9.53 Å². The molecule has 0 aliphatic heterocycles. The first-order valence-electron chi connectivity index (χ1n) is 6.25. The number of ether oxygens (including phenoxy) is 1. The van der Waals surface area contributed by atoms with Gasteiger partial charge in [0.1, 0.15) is 5.54 Å². The molecule has 1 rings (SSSR count). The third kappa shape index (κ3) is 3.10. The van der Waals surface area contributed by atoms with E-state index in [9.17, 15) is 4.79 Å². The van der Waals surface area contributed by atoms with Crippen LogP contribution < -0.4 is 5.73 Å². The van der Waals surface area contributed by atoms with E-state index < -0.39 is 5.54 Å². The molecule has 2 unspecified atom stereocenters. The second-order valence-corrected chi connectivity index (χ2v) is 5.01. The molecule has 2 N–H and O–H groups in total. The van der Waals surface area contributed by atoms with Gasteiger partial charge in [0, 0.05) is 11.7 Å². The van der Waals surface area contributed by atoms with Crippen molar-refractivity contribution in [3.63, 3.8) is 0 Å². The molecule has 5 heteroatoms. The van der Waals surface area contributed by atoms with Gasteiger partial charge < -0.3 is 15.0 Å². The summed E-state index contributed by atoms with van der Waals surface area (Å²) in [4.78, 5) is 16.0. The van der Waals surface area contributed by atoms with Crippen LogP contribution in [0.15, 0.2) is 6.33 Å².